The highest BCUT2D eigenvalue weighted by Crippen LogP contribution is 2.54. The molecule has 2 heterocycles. The van der Waals surface area contributed by atoms with Crippen LogP contribution in [0.25, 0.3) is 0 Å². The van der Waals surface area contributed by atoms with E-state index in [1.807, 2.05) is 53.4 Å². The van der Waals surface area contributed by atoms with E-state index in [2.05, 4.69) is 36.4 Å². The molecule has 0 aliphatic carbocycles. The molecule has 162 valence electrons. The smallest absolute Gasteiger partial charge is 0.270 e. The lowest BCUT2D eigenvalue weighted by Gasteiger charge is -2.50. The minimum Gasteiger partial charge on any atom is -0.473 e. The highest BCUT2D eigenvalue weighted by atomic mass is 16.6. The number of rotatable bonds is 3. The first-order chi connectivity index (χ1) is 16.2. The van der Waals surface area contributed by atoms with Crippen LogP contribution < -0.4 is 9.64 Å². The van der Waals surface area contributed by atoms with Gasteiger partial charge in [-0.3, -0.25) is 10.1 Å². The van der Waals surface area contributed by atoms with E-state index in [1.165, 1.54) is 6.07 Å². The van der Waals surface area contributed by atoms with Crippen molar-refractivity contribution in [2.75, 3.05) is 11.6 Å². The molecule has 0 unspecified atom stereocenters. The van der Waals surface area contributed by atoms with Crippen molar-refractivity contribution < 1.29 is 14.4 Å². The van der Waals surface area contributed by atoms with Crippen LogP contribution in [0.1, 0.15) is 28.5 Å². The molecule has 0 saturated heterocycles. The molecule has 33 heavy (non-hydrogen) atoms. The van der Waals surface area contributed by atoms with Crippen molar-refractivity contribution in [3.05, 3.63) is 135 Å². The second kappa shape index (κ2) is 7.46. The molecule has 2 aliphatic rings. The van der Waals surface area contributed by atoms with Crippen LogP contribution >= 0.6 is 0 Å². The highest BCUT2D eigenvalue weighted by Gasteiger charge is 2.49. The number of nitro groups is 1. The molecule has 0 amide bonds. The Hall–Kier alpha value is -4.16. The summed E-state index contributed by atoms with van der Waals surface area (Å²) >= 11 is 0. The number of benzene rings is 4. The summed E-state index contributed by atoms with van der Waals surface area (Å²) in [5.74, 6) is 0.594. The first kappa shape index (κ1) is 19.5. The normalized spacial score (nSPS) is 17.8. The van der Waals surface area contributed by atoms with Gasteiger partial charge in [-0.05, 0) is 23.3 Å². The lowest BCUT2D eigenvalue weighted by molar-refractivity contribution is -0.385. The molecule has 0 radical (unpaired) electrons. The zero-order valence-electron chi connectivity index (χ0n) is 17.6. The summed E-state index contributed by atoms with van der Waals surface area (Å²) in [7, 11) is 0. The topological polar surface area (TPSA) is 64.8 Å². The van der Waals surface area contributed by atoms with E-state index in [-0.39, 0.29) is 12.4 Å². The maximum atomic E-state index is 11.5. The van der Waals surface area contributed by atoms with E-state index in [9.17, 15) is 10.1 Å². The van der Waals surface area contributed by atoms with Gasteiger partial charge < -0.3 is 14.4 Å². The lowest BCUT2D eigenvalue weighted by atomic mass is 9.77. The van der Waals surface area contributed by atoms with Crippen LogP contribution in [0, 0.1) is 10.1 Å². The number of fused-ring (bicyclic) bond motifs is 5. The zero-order chi connectivity index (χ0) is 22.4. The standard InChI is InChI=1S/C27H20N2O4/c30-29(31)21-15-16-25-22(17-21)26-28(18-32-25)24-14-8-7-13-23(24)27(33-26,19-9-3-1-4-10-19)20-11-5-2-6-12-20/h1-17,26H,18H2/t26-/m1/s1. The van der Waals surface area contributed by atoms with Crippen LogP contribution in [0.2, 0.25) is 0 Å². The molecule has 0 bridgehead atoms. The molecule has 0 aromatic heterocycles. The molecule has 0 fully saturated rings. The van der Waals surface area contributed by atoms with E-state index in [0.717, 1.165) is 22.4 Å². The number of hydrogen-bond donors (Lipinski definition) is 0. The molecule has 4 aromatic rings. The summed E-state index contributed by atoms with van der Waals surface area (Å²) in [5.41, 5.74) is 3.69. The maximum absolute atomic E-state index is 11.5. The van der Waals surface area contributed by atoms with Crippen molar-refractivity contribution in [2.45, 2.75) is 11.8 Å². The van der Waals surface area contributed by atoms with Crippen molar-refractivity contribution in [1.82, 2.24) is 0 Å². The Labute approximate surface area is 190 Å². The SMILES string of the molecule is O=[N+]([O-])c1ccc2c(c1)[C@H]1OC(c3ccccc3)(c3ccccc3)c3ccccc3N1CO2. The van der Waals surface area contributed by atoms with Gasteiger partial charge in [0.25, 0.3) is 5.69 Å². The molecule has 1 atom stereocenters. The highest BCUT2D eigenvalue weighted by molar-refractivity contribution is 5.66. The zero-order valence-corrected chi connectivity index (χ0v) is 17.6. The Bertz CT molecular complexity index is 1300. The monoisotopic (exact) mass is 436 g/mol. The number of para-hydroxylation sites is 1. The Morgan fingerprint density at radius 3 is 2.15 bits per heavy atom. The van der Waals surface area contributed by atoms with Gasteiger partial charge in [0.15, 0.2) is 13.0 Å². The fourth-order valence-electron chi connectivity index (χ4n) is 4.88. The quantitative estimate of drug-likeness (QED) is 0.301. The molecule has 2 aliphatic heterocycles. The van der Waals surface area contributed by atoms with Crippen molar-refractivity contribution in [3.63, 3.8) is 0 Å². The average Bonchev–Trinajstić information content (AvgIpc) is 2.88. The molecule has 6 rings (SSSR count). The van der Waals surface area contributed by atoms with Crippen LogP contribution in [0.4, 0.5) is 11.4 Å². The Kier molecular flexibility index (Phi) is 4.41. The van der Waals surface area contributed by atoms with Gasteiger partial charge in [0, 0.05) is 23.4 Å². The van der Waals surface area contributed by atoms with E-state index in [0.29, 0.717) is 11.3 Å². The van der Waals surface area contributed by atoms with Crippen molar-refractivity contribution in [3.8, 4) is 5.75 Å². The first-order valence-corrected chi connectivity index (χ1v) is 10.7. The number of ether oxygens (including phenoxy) is 2. The summed E-state index contributed by atoms with van der Waals surface area (Å²) in [4.78, 5) is 13.2. The van der Waals surface area contributed by atoms with Crippen LogP contribution in [0.5, 0.6) is 5.75 Å². The predicted molar refractivity (Wildman–Crippen MR) is 124 cm³/mol. The number of nitro benzene ring substituents is 1. The van der Waals surface area contributed by atoms with Gasteiger partial charge in [-0.2, -0.15) is 0 Å². The van der Waals surface area contributed by atoms with Gasteiger partial charge >= 0.3 is 0 Å². The fraction of sp³-hybridized carbons (Fsp3) is 0.111. The second-order valence-electron chi connectivity index (χ2n) is 8.12. The van der Waals surface area contributed by atoms with Crippen LogP contribution in [-0.4, -0.2) is 11.7 Å². The largest absolute Gasteiger partial charge is 0.473 e. The predicted octanol–water partition coefficient (Wildman–Crippen LogP) is 5.77. The summed E-state index contributed by atoms with van der Waals surface area (Å²) in [6.45, 7) is 0.284. The first-order valence-electron chi connectivity index (χ1n) is 10.7. The molecule has 4 aromatic carbocycles. The Morgan fingerprint density at radius 1 is 0.848 bits per heavy atom. The number of hydrogen-bond acceptors (Lipinski definition) is 5. The number of nitrogens with zero attached hydrogens (tertiary/aromatic N) is 2. The summed E-state index contributed by atoms with van der Waals surface area (Å²) in [6.07, 6.45) is -0.566. The minimum absolute atomic E-state index is 0.00619. The molecule has 0 saturated carbocycles. The third kappa shape index (κ3) is 2.92. The molecular weight excluding hydrogens is 416 g/mol. The van der Waals surface area contributed by atoms with Gasteiger partial charge in [-0.15, -0.1) is 0 Å². The van der Waals surface area contributed by atoms with E-state index in [1.54, 1.807) is 12.1 Å². The molecule has 0 spiro atoms. The average molecular weight is 436 g/mol. The summed E-state index contributed by atoms with van der Waals surface area (Å²) in [5, 5.41) is 11.5. The number of anilines is 1. The maximum Gasteiger partial charge on any atom is 0.270 e. The summed E-state index contributed by atoms with van der Waals surface area (Å²) in [6, 6.07) is 33.0. The van der Waals surface area contributed by atoms with Gasteiger partial charge in [-0.1, -0.05) is 78.9 Å². The van der Waals surface area contributed by atoms with Gasteiger partial charge in [0.1, 0.15) is 11.4 Å². The van der Waals surface area contributed by atoms with Gasteiger partial charge in [-0.25, -0.2) is 0 Å². The molecule has 0 N–H and O–H groups in total. The molecular formula is C27H20N2O4. The third-order valence-corrected chi connectivity index (χ3v) is 6.35. The molecule has 6 nitrogen and oxygen atoms in total. The van der Waals surface area contributed by atoms with E-state index >= 15 is 0 Å². The summed E-state index contributed by atoms with van der Waals surface area (Å²) < 4.78 is 13.0. The van der Waals surface area contributed by atoms with E-state index in [4.69, 9.17) is 9.47 Å². The van der Waals surface area contributed by atoms with Crippen molar-refractivity contribution in [1.29, 1.82) is 0 Å². The van der Waals surface area contributed by atoms with Crippen molar-refractivity contribution >= 4 is 11.4 Å². The van der Waals surface area contributed by atoms with Crippen LogP contribution in [-0.2, 0) is 10.3 Å². The van der Waals surface area contributed by atoms with Crippen LogP contribution in [0.3, 0.4) is 0 Å². The van der Waals surface area contributed by atoms with Crippen molar-refractivity contribution in [2.24, 2.45) is 0 Å². The number of non-ortho nitro benzene ring substituents is 1. The minimum atomic E-state index is -0.903. The van der Waals surface area contributed by atoms with Gasteiger partial charge in [0.2, 0.25) is 0 Å². The Morgan fingerprint density at radius 2 is 1.48 bits per heavy atom. The Balaban J connectivity index is 1.65. The van der Waals surface area contributed by atoms with Crippen LogP contribution in [0.15, 0.2) is 103 Å². The third-order valence-electron chi connectivity index (χ3n) is 6.35. The lowest BCUT2D eigenvalue weighted by Crippen LogP contribution is -2.49. The molecule has 6 heteroatoms. The fourth-order valence-corrected chi connectivity index (χ4v) is 4.88. The second-order valence-corrected chi connectivity index (χ2v) is 8.12. The van der Waals surface area contributed by atoms with E-state index < -0.39 is 16.8 Å². The van der Waals surface area contributed by atoms with Gasteiger partial charge in [0.05, 0.1) is 10.5 Å².